The van der Waals surface area contributed by atoms with E-state index in [1.807, 2.05) is 60.7 Å². The van der Waals surface area contributed by atoms with E-state index in [-0.39, 0.29) is 30.6 Å². The molecular weight excluding hydrogens is 681 g/mol. The van der Waals surface area contributed by atoms with Crippen LogP contribution in [0, 0.1) is 5.92 Å². The van der Waals surface area contributed by atoms with Crippen LogP contribution in [0.25, 0.3) is 22.5 Å². The Morgan fingerprint density at radius 1 is 0.833 bits per heavy atom. The van der Waals surface area contributed by atoms with Gasteiger partial charge in [0.1, 0.15) is 24.4 Å². The Labute approximate surface area is 317 Å². The number of ether oxygens (including phenoxy) is 1. The molecule has 0 saturated carbocycles. The number of carboxylic acids is 1. The number of carbonyl (C=O) groups is 3. The van der Waals surface area contributed by atoms with Crippen molar-refractivity contribution in [3.63, 3.8) is 0 Å². The molecule has 0 aliphatic carbocycles. The van der Waals surface area contributed by atoms with Gasteiger partial charge < -0.3 is 15.2 Å². The van der Waals surface area contributed by atoms with E-state index in [2.05, 4.69) is 53.1 Å². The molecule has 0 spiro atoms. The van der Waals surface area contributed by atoms with Crippen molar-refractivity contribution in [3.8, 4) is 28.3 Å². The van der Waals surface area contributed by atoms with Crippen molar-refractivity contribution in [1.29, 1.82) is 0 Å². The molecule has 5 rings (SSSR count). The minimum absolute atomic E-state index is 0.0755. The number of nitrogens with one attached hydrogen (secondary N) is 1. The summed E-state index contributed by atoms with van der Waals surface area (Å²) in [6, 6.07) is 21.6. The van der Waals surface area contributed by atoms with Crippen molar-refractivity contribution >= 4 is 17.7 Å². The van der Waals surface area contributed by atoms with Gasteiger partial charge in [0, 0.05) is 41.4 Å². The first kappa shape index (κ1) is 39.5. The van der Waals surface area contributed by atoms with Crippen LogP contribution in [-0.2, 0) is 28.0 Å². The molecule has 5 aromatic rings. The third-order valence-electron chi connectivity index (χ3n) is 9.38. The molecule has 0 aliphatic heterocycles. The number of carboxylic acid groups (broad SMARTS) is 1. The van der Waals surface area contributed by atoms with E-state index < -0.39 is 23.8 Å². The summed E-state index contributed by atoms with van der Waals surface area (Å²) in [5.41, 5.74) is 4.98. The SMILES string of the molecule is CCCCCCCOc1ccc(-c2cnc(-c3ccc(C[C@H](CC(=O)c4ccc(C(C)(C)C)cc4)C(=O)NC(Cn4cncn4)C(=O)O)cc3)nc2)cc1. The smallest absolute Gasteiger partial charge is 0.328 e. The second kappa shape index (κ2) is 18.9. The molecule has 1 unspecified atom stereocenters. The minimum atomic E-state index is -1.26. The van der Waals surface area contributed by atoms with Crippen LogP contribution < -0.4 is 10.1 Å². The first-order valence-electron chi connectivity index (χ1n) is 18.6. The van der Waals surface area contributed by atoms with Crippen molar-refractivity contribution in [2.24, 2.45) is 5.92 Å². The van der Waals surface area contributed by atoms with Crippen LogP contribution >= 0.6 is 0 Å². The van der Waals surface area contributed by atoms with Gasteiger partial charge in [-0.25, -0.2) is 19.7 Å². The maximum absolute atomic E-state index is 13.7. The summed E-state index contributed by atoms with van der Waals surface area (Å²) in [6.45, 7) is 9.12. The Kier molecular flexibility index (Phi) is 13.8. The Bertz CT molecular complexity index is 1940. The normalized spacial score (nSPS) is 12.5. The van der Waals surface area contributed by atoms with Crippen LogP contribution in [0.1, 0.15) is 87.7 Å². The number of unbranched alkanes of at least 4 members (excludes halogenated alkanes) is 4. The summed E-state index contributed by atoms with van der Waals surface area (Å²) in [7, 11) is 0. The molecule has 2 aromatic heterocycles. The summed E-state index contributed by atoms with van der Waals surface area (Å²) in [5.74, 6) is -1.39. The lowest BCUT2D eigenvalue weighted by Gasteiger charge is -2.21. The number of aliphatic carboxylic acids is 1. The number of Topliss-reactive ketones (excluding diaryl/α,β-unsaturated/α-hetero) is 1. The number of amides is 1. The quantitative estimate of drug-likeness (QED) is 0.0642. The summed E-state index contributed by atoms with van der Waals surface area (Å²) in [4.78, 5) is 52.4. The van der Waals surface area contributed by atoms with Gasteiger partial charge in [0.15, 0.2) is 11.6 Å². The van der Waals surface area contributed by atoms with Gasteiger partial charge in [0.25, 0.3) is 0 Å². The summed E-state index contributed by atoms with van der Waals surface area (Å²) >= 11 is 0. The monoisotopic (exact) mass is 730 g/mol. The van der Waals surface area contributed by atoms with Crippen molar-refractivity contribution in [2.45, 2.75) is 90.6 Å². The molecule has 0 aliphatic rings. The molecule has 1 amide bonds. The highest BCUT2D eigenvalue weighted by Gasteiger charge is 2.28. The fourth-order valence-corrected chi connectivity index (χ4v) is 6.08. The van der Waals surface area contributed by atoms with Crippen LogP contribution in [0.15, 0.2) is 97.8 Å². The highest BCUT2D eigenvalue weighted by atomic mass is 16.5. The molecular formula is C43H50N6O5. The van der Waals surface area contributed by atoms with Gasteiger partial charge in [-0.15, -0.1) is 0 Å². The van der Waals surface area contributed by atoms with Crippen LogP contribution in [0.5, 0.6) is 5.75 Å². The predicted molar refractivity (Wildman–Crippen MR) is 208 cm³/mol. The van der Waals surface area contributed by atoms with Gasteiger partial charge in [-0.1, -0.05) is 114 Å². The lowest BCUT2D eigenvalue weighted by Crippen LogP contribution is -2.46. The van der Waals surface area contributed by atoms with Gasteiger partial charge in [-0.05, 0) is 47.1 Å². The average Bonchev–Trinajstić information content (AvgIpc) is 3.69. The molecule has 54 heavy (non-hydrogen) atoms. The topological polar surface area (TPSA) is 149 Å². The van der Waals surface area contributed by atoms with Crippen molar-refractivity contribution in [1.82, 2.24) is 30.0 Å². The van der Waals surface area contributed by atoms with Crippen molar-refractivity contribution in [2.75, 3.05) is 6.61 Å². The molecule has 0 saturated heterocycles. The zero-order valence-corrected chi connectivity index (χ0v) is 31.6. The van der Waals surface area contributed by atoms with Crippen molar-refractivity contribution in [3.05, 3.63) is 115 Å². The number of carbonyl (C=O) groups excluding carboxylic acids is 2. The van der Waals surface area contributed by atoms with Crippen molar-refractivity contribution < 1.29 is 24.2 Å². The maximum Gasteiger partial charge on any atom is 0.328 e. The van der Waals surface area contributed by atoms with Gasteiger partial charge in [-0.2, -0.15) is 5.10 Å². The zero-order valence-electron chi connectivity index (χ0n) is 31.6. The van der Waals surface area contributed by atoms with E-state index in [0.29, 0.717) is 18.0 Å². The standard InChI is InChI=1S/C43H50N6O5/c1-5-6-7-8-9-22-54-37-20-16-31(17-21-37)35-25-45-40(46-26-35)33-12-10-30(11-13-33)23-34(24-39(50)32-14-18-36(19-15-32)43(2,3)4)41(51)48-38(42(52)53)27-49-29-44-28-47-49/h10-21,25-26,28-29,34,38H,5-9,22-24,27H2,1-4H3,(H,48,51)(H,52,53)/t34-,38?/m1/s1. The first-order chi connectivity index (χ1) is 26.0. The average molecular weight is 731 g/mol. The molecule has 2 heterocycles. The third kappa shape index (κ3) is 11.4. The molecule has 11 nitrogen and oxygen atoms in total. The van der Waals surface area contributed by atoms with E-state index in [0.717, 1.165) is 40.0 Å². The number of hydrogen-bond donors (Lipinski definition) is 2. The molecule has 0 bridgehead atoms. The zero-order chi connectivity index (χ0) is 38.5. The van der Waals surface area contributed by atoms with Crippen LogP contribution in [0.2, 0.25) is 0 Å². The van der Waals surface area contributed by atoms with E-state index in [4.69, 9.17) is 4.74 Å². The number of ketones is 1. The molecule has 2 N–H and O–H groups in total. The number of rotatable bonds is 19. The number of benzene rings is 3. The molecule has 3 aromatic carbocycles. The predicted octanol–water partition coefficient (Wildman–Crippen LogP) is 7.75. The molecule has 11 heteroatoms. The number of nitrogens with zero attached hydrogens (tertiary/aromatic N) is 5. The lowest BCUT2D eigenvalue weighted by molar-refractivity contribution is -0.143. The van der Waals surface area contributed by atoms with Crippen LogP contribution in [0.3, 0.4) is 0 Å². The van der Waals surface area contributed by atoms with Gasteiger partial charge in [0.2, 0.25) is 5.91 Å². The molecule has 0 radical (unpaired) electrons. The third-order valence-corrected chi connectivity index (χ3v) is 9.38. The van der Waals surface area contributed by atoms with E-state index >= 15 is 0 Å². The highest BCUT2D eigenvalue weighted by Crippen LogP contribution is 2.26. The van der Waals surface area contributed by atoms with Gasteiger partial charge in [-0.3, -0.25) is 14.3 Å². The molecule has 2 atom stereocenters. The lowest BCUT2D eigenvalue weighted by atomic mass is 9.85. The van der Waals surface area contributed by atoms with Crippen LogP contribution in [0.4, 0.5) is 0 Å². The number of aromatic nitrogens is 5. The Balaban J connectivity index is 1.25. The van der Waals surface area contributed by atoms with Gasteiger partial charge in [0.05, 0.1) is 13.2 Å². The van der Waals surface area contributed by atoms with Crippen LogP contribution in [-0.4, -0.2) is 60.1 Å². The largest absolute Gasteiger partial charge is 0.494 e. The fraction of sp³-hybridized carbons (Fsp3) is 0.372. The van der Waals surface area contributed by atoms with E-state index in [1.165, 1.54) is 43.0 Å². The number of hydrogen-bond acceptors (Lipinski definition) is 8. The van der Waals surface area contributed by atoms with E-state index in [9.17, 15) is 19.5 Å². The fourth-order valence-electron chi connectivity index (χ4n) is 6.08. The first-order valence-corrected chi connectivity index (χ1v) is 18.6. The summed E-state index contributed by atoms with van der Waals surface area (Å²) in [5, 5.41) is 16.5. The Hall–Kier alpha value is -5.71. The second-order valence-corrected chi connectivity index (χ2v) is 14.7. The maximum atomic E-state index is 13.7. The summed E-state index contributed by atoms with van der Waals surface area (Å²) < 4.78 is 7.24. The Morgan fingerprint density at radius 3 is 2.11 bits per heavy atom. The van der Waals surface area contributed by atoms with E-state index in [1.54, 1.807) is 24.5 Å². The second-order valence-electron chi connectivity index (χ2n) is 14.7. The van der Waals surface area contributed by atoms with Gasteiger partial charge >= 0.3 is 5.97 Å². The minimum Gasteiger partial charge on any atom is -0.494 e. The molecule has 282 valence electrons. The highest BCUT2D eigenvalue weighted by molar-refractivity contribution is 5.99. The summed E-state index contributed by atoms with van der Waals surface area (Å²) in [6.07, 6.45) is 12.4. The molecule has 0 fully saturated rings. The Morgan fingerprint density at radius 2 is 1.50 bits per heavy atom.